The second kappa shape index (κ2) is 11.0. The summed E-state index contributed by atoms with van der Waals surface area (Å²) in [5.41, 5.74) is 1.30. The Morgan fingerprint density at radius 3 is 2.86 bits per heavy atom. The lowest BCUT2D eigenvalue weighted by atomic mass is 10.1. The summed E-state index contributed by atoms with van der Waals surface area (Å²) in [5, 5.41) is 6.69. The van der Waals surface area contributed by atoms with E-state index >= 15 is 0 Å². The summed E-state index contributed by atoms with van der Waals surface area (Å²) in [6, 6.07) is 8.25. The Hall–Kier alpha value is -0.630. The zero-order valence-electron chi connectivity index (χ0n) is 13.3. The number of nitrogens with one attached hydrogen (secondary N) is 2. The summed E-state index contributed by atoms with van der Waals surface area (Å²) < 4.78 is 5.91. The van der Waals surface area contributed by atoms with Crippen LogP contribution in [0.25, 0.3) is 0 Å². The molecule has 1 aliphatic rings. The van der Waals surface area contributed by atoms with Crippen molar-refractivity contribution in [2.75, 3.05) is 32.1 Å². The monoisotopic (exact) mass is 435 g/mol. The van der Waals surface area contributed by atoms with Crippen LogP contribution in [0.3, 0.4) is 0 Å². The third kappa shape index (κ3) is 6.24. The summed E-state index contributed by atoms with van der Waals surface area (Å²) >= 11 is 1.90. The minimum Gasteiger partial charge on any atom is -0.488 e. The van der Waals surface area contributed by atoms with Gasteiger partial charge in [-0.25, -0.2) is 0 Å². The molecule has 1 heterocycles. The van der Waals surface area contributed by atoms with E-state index in [0.29, 0.717) is 0 Å². The van der Waals surface area contributed by atoms with Gasteiger partial charge in [0, 0.05) is 20.0 Å². The van der Waals surface area contributed by atoms with Crippen LogP contribution >= 0.6 is 35.7 Å². The number of benzene rings is 1. The lowest BCUT2D eigenvalue weighted by Crippen LogP contribution is -2.42. The van der Waals surface area contributed by atoms with Gasteiger partial charge in [0.05, 0.1) is 6.54 Å². The molecule has 6 heteroatoms. The molecule has 22 heavy (non-hydrogen) atoms. The van der Waals surface area contributed by atoms with Gasteiger partial charge in [-0.1, -0.05) is 18.2 Å². The highest BCUT2D eigenvalue weighted by atomic mass is 127. The molecule has 124 valence electrons. The van der Waals surface area contributed by atoms with E-state index in [2.05, 4.69) is 34.0 Å². The van der Waals surface area contributed by atoms with Crippen LogP contribution in [0.5, 0.6) is 5.75 Å². The number of para-hydroxylation sites is 1. The highest BCUT2D eigenvalue weighted by Crippen LogP contribution is 2.27. The Morgan fingerprint density at radius 2 is 2.14 bits per heavy atom. The molecular weight excluding hydrogens is 409 g/mol. The van der Waals surface area contributed by atoms with Crippen LogP contribution in [0.2, 0.25) is 0 Å². The highest BCUT2D eigenvalue weighted by Gasteiger charge is 2.22. The van der Waals surface area contributed by atoms with Gasteiger partial charge in [0.15, 0.2) is 5.96 Å². The maximum atomic E-state index is 5.91. The average molecular weight is 435 g/mol. The van der Waals surface area contributed by atoms with E-state index in [1.165, 1.54) is 24.2 Å². The number of guanidine groups is 1. The SMILES string of the molecule is CN=C(NCCCCSC)NCC1Cc2ccccc2O1.I. The fraction of sp³-hybridized carbons (Fsp3) is 0.562. The first kappa shape index (κ1) is 19.4. The van der Waals surface area contributed by atoms with Crippen molar-refractivity contribution in [1.82, 2.24) is 10.6 Å². The van der Waals surface area contributed by atoms with E-state index in [1.807, 2.05) is 30.9 Å². The van der Waals surface area contributed by atoms with Gasteiger partial charge >= 0.3 is 0 Å². The van der Waals surface area contributed by atoms with Crippen LogP contribution in [0, 0.1) is 0 Å². The van der Waals surface area contributed by atoms with Gasteiger partial charge in [-0.05, 0) is 36.5 Å². The van der Waals surface area contributed by atoms with Gasteiger partial charge in [-0.3, -0.25) is 4.99 Å². The van der Waals surface area contributed by atoms with E-state index in [0.717, 1.165) is 31.2 Å². The normalized spacial score (nSPS) is 16.5. The first-order valence-electron chi connectivity index (χ1n) is 7.51. The number of halogens is 1. The molecule has 0 saturated carbocycles. The molecule has 0 radical (unpaired) electrons. The number of hydrogen-bond acceptors (Lipinski definition) is 3. The molecule has 1 aromatic rings. The molecule has 1 atom stereocenters. The van der Waals surface area contributed by atoms with E-state index in [4.69, 9.17) is 4.74 Å². The maximum Gasteiger partial charge on any atom is 0.191 e. The molecular formula is C16H26IN3OS. The number of ether oxygens (including phenoxy) is 1. The summed E-state index contributed by atoms with van der Waals surface area (Å²) in [4.78, 5) is 4.25. The minimum atomic E-state index is 0. The molecule has 2 N–H and O–H groups in total. The second-order valence-electron chi connectivity index (χ2n) is 5.13. The zero-order valence-corrected chi connectivity index (χ0v) is 16.4. The van der Waals surface area contributed by atoms with Crippen molar-refractivity contribution in [3.8, 4) is 5.75 Å². The largest absolute Gasteiger partial charge is 0.488 e. The van der Waals surface area contributed by atoms with E-state index in [-0.39, 0.29) is 30.1 Å². The topological polar surface area (TPSA) is 45.7 Å². The third-order valence-electron chi connectivity index (χ3n) is 3.50. The molecule has 0 bridgehead atoms. The smallest absolute Gasteiger partial charge is 0.191 e. The van der Waals surface area contributed by atoms with E-state index in [9.17, 15) is 0 Å². The quantitative estimate of drug-likeness (QED) is 0.299. The number of hydrogen-bond donors (Lipinski definition) is 2. The minimum absolute atomic E-state index is 0. The Balaban J connectivity index is 0.00000242. The van der Waals surface area contributed by atoms with Crippen molar-refractivity contribution >= 4 is 41.7 Å². The number of aliphatic imine (C=N–C) groups is 1. The summed E-state index contributed by atoms with van der Waals surface area (Å²) in [6.45, 7) is 1.74. The van der Waals surface area contributed by atoms with Crippen molar-refractivity contribution in [2.45, 2.75) is 25.4 Å². The molecule has 0 spiro atoms. The van der Waals surface area contributed by atoms with Crippen molar-refractivity contribution < 1.29 is 4.74 Å². The molecule has 1 aromatic carbocycles. The van der Waals surface area contributed by atoms with Crippen LogP contribution in [-0.4, -0.2) is 44.2 Å². The number of thioether (sulfide) groups is 1. The summed E-state index contributed by atoms with van der Waals surface area (Å²) in [7, 11) is 1.81. The van der Waals surface area contributed by atoms with Crippen molar-refractivity contribution in [2.24, 2.45) is 4.99 Å². The molecule has 0 saturated heterocycles. The van der Waals surface area contributed by atoms with Crippen LogP contribution in [0.15, 0.2) is 29.3 Å². The van der Waals surface area contributed by atoms with Gasteiger partial charge in [0.2, 0.25) is 0 Å². The lowest BCUT2D eigenvalue weighted by Gasteiger charge is -2.15. The molecule has 4 nitrogen and oxygen atoms in total. The number of unbranched alkanes of at least 4 members (excludes halogenated alkanes) is 1. The zero-order chi connectivity index (χ0) is 14.9. The van der Waals surface area contributed by atoms with Crippen molar-refractivity contribution in [1.29, 1.82) is 0 Å². The number of rotatable bonds is 7. The first-order chi connectivity index (χ1) is 10.3. The average Bonchev–Trinajstić information content (AvgIpc) is 2.93. The van der Waals surface area contributed by atoms with Gasteiger partial charge in [0.1, 0.15) is 11.9 Å². The standard InChI is InChI=1S/C16H25N3OS.HI/c1-17-16(18-9-5-6-10-21-2)19-12-14-11-13-7-3-4-8-15(13)20-14;/h3-4,7-8,14H,5-6,9-12H2,1-2H3,(H2,17,18,19);1H. The molecule has 0 fully saturated rings. The second-order valence-corrected chi connectivity index (χ2v) is 6.12. The fourth-order valence-electron chi connectivity index (χ4n) is 2.38. The van der Waals surface area contributed by atoms with Gasteiger partial charge in [-0.2, -0.15) is 11.8 Å². The predicted molar refractivity (Wildman–Crippen MR) is 107 cm³/mol. The third-order valence-corrected chi connectivity index (χ3v) is 4.20. The molecule has 0 aliphatic carbocycles. The van der Waals surface area contributed by atoms with Crippen LogP contribution in [0.1, 0.15) is 18.4 Å². The van der Waals surface area contributed by atoms with Gasteiger partial charge in [0.25, 0.3) is 0 Å². The predicted octanol–water partition coefficient (Wildman–Crippen LogP) is 2.92. The Morgan fingerprint density at radius 1 is 1.32 bits per heavy atom. The summed E-state index contributed by atoms with van der Waals surface area (Å²) in [5.74, 6) is 3.10. The Bertz CT molecular complexity index is 445. The fourth-order valence-corrected chi connectivity index (χ4v) is 2.87. The van der Waals surface area contributed by atoms with Crippen LogP contribution < -0.4 is 15.4 Å². The lowest BCUT2D eigenvalue weighted by molar-refractivity contribution is 0.235. The first-order valence-corrected chi connectivity index (χ1v) is 8.91. The van der Waals surface area contributed by atoms with Crippen LogP contribution in [0.4, 0.5) is 0 Å². The van der Waals surface area contributed by atoms with Gasteiger partial charge < -0.3 is 15.4 Å². The van der Waals surface area contributed by atoms with Crippen LogP contribution in [-0.2, 0) is 6.42 Å². The maximum absolute atomic E-state index is 5.91. The van der Waals surface area contributed by atoms with Crippen molar-refractivity contribution in [3.05, 3.63) is 29.8 Å². The van der Waals surface area contributed by atoms with E-state index < -0.39 is 0 Å². The number of fused-ring (bicyclic) bond motifs is 1. The molecule has 1 unspecified atom stereocenters. The highest BCUT2D eigenvalue weighted by molar-refractivity contribution is 14.0. The van der Waals surface area contributed by atoms with E-state index in [1.54, 1.807) is 0 Å². The molecule has 1 aliphatic heterocycles. The van der Waals surface area contributed by atoms with Gasteiger partial charge in [-0.15, -0.1) is 24.0 Å². The molecule has 2 rings (SSSR count). The Kier molecular flexibility index (Phi) is 9.70. The number of nitrogens with zero attached hydrogens (tertiary/aromatic N) is 1. The Labute approximate surface area is 154 Å². The summed E-state index contributed by atoms with van der Waals surface area (Å²) in [6.07, 6.45) is 5.72. The molecule has 0 aromatic heterocycles. The molecule has 0 amide bonds. The van der Waals surface area contributed by atoms with Crippen molar-refractivity contribution in [3.63, 3.8) is 0 Å².